The molecular formula is C14H23N3O2. The van der Waals surface area contributed by atoms with Crippen LogP contribution in [0, 0.1) is 12.8 Å². The molecule has 1 aliphatic rings. The van der Waals surface area contributed by atoms with Gasteiger partial charge in [0.25, 0.3) is 0 Å². The van der Waals surface area contributed by atoms with Crippen LogP contribution in [0.2, 0.25) is 0 Å². The highest BCUT2D eigenvalue weighted by atomic mass is 16.4. The van der Waals surface area contributed by atoms with E-state index in [2.05, 4.69) is 10.3 Å². The third-order valence-corrected chi connectivity index (χ3v) is 3.77. The molecule has 1 saturated carbocycles. The number of carbonyl (C=O) groups excluding carboxylic acids is 1. The van der Waals surface area contributed by atoms with E-state index in [-0.39, 0.29) is 23.9 Å². The number of oxazole rings is 1. The molecular weight excluding hydrogens is 242 g/mol. The van der Waals surface area contributed by atoms with E-state index in [1.165, 1.54) is 6.42 Å². The van der Waals surface area contributed by atoms with E-state index in [1.54, 1.807) is 6.20 Å². The van der Waals surface area contributed by atoms with Crippen molar-refractivity contribution in [3.8, 4) is 0 Å². The molecule has 5 heteroatoms. The van der Waals surface area contributed by atoms with Gasteiger partial charge in [0.05, 0.1) is 12.1 Å². The number of nitrogens with one attached hydrogen (secondary N) is 1. The average Bonchev–Trinajstić information content (AvgIpc) is 2.68. The first-order valence-corrected chi connectivity index (χ1v) is 7.06. The van der Waals surface area contributed by atoms with E-state index in [1.807, 2.05) is 13.8 Å². The fraction of sp³-hybridized carbons (Fsp3) is 0.714. The van der Waals surface area contributed by atoms with Crippen molar-refractivity contribution in [2.75, 3.05) is 0 Å². The van der Waals surface area contributed by atoms with Crippen LogP contribution in [0.15, 0.2) is 10.6 Å². The highest BCUT2D eigenvalue weighted by Crippen LogP contribution is 2.23. The van der Waals surface area contributed by atoms with Crippen LogP contribution in [0.3, 0.4) is 0 Å². The first-order chi connectivity index (χ1) is 9.08. The van der Waals surface area contributed by atoms with Crippen molar-refractivity contribution in [1.29, 1.82) is 0 Å². The molecule has 2 rings (SSSR count). The van der Waals surface area contributed by atoms with Crippen LogP contribution in [0.1, 0.15) is 56.7 Å². The van der Waals surface area contributed by atoms with Crippen LogP contribution in [0.25, 0.3) is 0 Å². The number of amides is 1. The van der Waals surface area contributed by atoms with Crippen molar-refractivity contribution in [2.24, 2.45) is 11.7 Å². The lowest BCUT2D eigenvalue weighted by molar-refractivity contribution is -0.126. The molecule has 1 fully saturated rings. The van der Waals surface area contributed by atoms with Gasteiger partial charge in [0, 0.05) is 6.04 Å². The number of aryl methyl sites for hydroxylation is 1. The Bertz CT molecular complexity index is 430. The molecule has 3 N–H and O–H groups in total. The maximum absolute atomic E-state index is 12.3. The summed E-state index contributed by atoms with van der Waals surface area (Å²) in [7, 11) is 0. The van der Waals surface area contributed by atoms with Crippen molar-refractivity contribution in [1.82, 2.24) is 10.3 Å². The third-order valence-electron chi connectivity index (χ3n) is 3.77. The predicted octanol–water partition coefficient (Wildman–Crippen LogP) is 2.07. The fourth-order valence-corrected chi connectivity index (χ4v) is 2.62. The van der Waals surface area contributed by atoms with Crippen molar-refractivity contribution in [3.63, 3.8) is 0 Å². The van der Waals surface area contributed by atoms with Gasteiger partial charge in [-0.25, -0.2) is 4.98 Å². The lowest BCUT2D eigenvalue weighted by atomic mass is 9.94. The van der Waals surface area contributed by atoms with Crippen LogP contribution < -0.4 is 11.1 Å². The second kappa shape index (κ2) is 6.19. The Kier molecular flexibility index (Phi) is 4.58. The van der Waals surface area contributed by atoms with Crippen molar-refractivity contribution in [3.05, 3.63) is 17.8 Å². The quantitative estimate of drug-likeness (QED) is 0.820. The molecule has 0 bridgehead atoms. The minimum Gasteiger partial charge on any atom is -0.444 e. The zero-order chi connectivity index (χ0) is 13.8. The maximum Gasteiger partial charge on any atom is 0.225 e. The predicted molar refractivity (Wildman–Crippen MR) is 72.3 cm³/mol. The van der Waals surface area contributed by atoms with Gasteiger partial charge in [-0.2, -0.15) is 0 Å². The van der Waals surface area contributed by atoms with Crippen molar-refractivity contribution < 1.29 is 9.21 Å². The smallest absolute Gasteiger partial charge is 0.225 e. The molecule has 1 aliphatic carbocycles. The van der Waals surface area contributed by atoms with Gasteiger partial charge in [0.15, 0.2) is 0 Å². The number of hydrogen-bond donors (Lipinski definition) is 2. The van der Waals surface area contributed by atoms with Crippen LogP contribution >= 0.6 is 0 Å². The lowest BCUT2D eigenvalue weighted by Crippen LogP contribution is -2.42. The molecule has 19 heavy (non-hydrogen) atoms. The number of hydrogen-bond acceptors (Lipinski definition) is 4. The highest BCUT2D eigenvalue weighted by Gasteiger charge is 2.28. The molecule has 1 aromatic rings. The van der Waals surface area contributed by atoms with Crippen molar-refractivity contribution in [2.45, 2.75) is 58.0 Å². The van der Waals surface area contributed by atoms with Gasteiger partial charge in [-0.1, -0.05) is 19.3 Å². The number of carbonyl (C=O) groups is 1. The Labute approximate surface area is 114 Å². The largest absolute Gasteiger partial charge is 0.444 e. The normalized spacial score (nSPS) is 25.6. The van der Waals surface area contributed by atoms with Gasteiger partial charge in [0.1, 0.15) is 11.8 Å². The lowest BCUT2D eigenvalue weighted by Gasteiger charge is -2.22. The van der Waals surface area contributed by atoms with Crippen LogP contribution in [-0.2, 0) is 4.79 Å². The fourth-order valence-electron chi connectivity index (χ4n) is 2.62. The van der Waals surface area contributed by atoms with E-state index in [0.717, 1.165) is 31.4 Å². The Balaban J connectivity index is 1.95. The topological polar surface area (TPSA) is 81.2 Å². The first kappa shape index (κ1) is 14.1. The van der Waals surface area contributed by atoms with E-state index >= 15 is 0 Å². The van der Waals surface area contributed by atoms with E-state index < -0.39 is 0 Å². The van der Waals surface area contributed by atoms with E-state index in [9.17, 15) is 4.79 Å². The minimum absolute atomic E-state index is 0.0257. The molecule has 0 aromatic carbocycles. The Morgan fingerprint density at radius 1 is 1.47 bits per heavy atom. The number of aromatic nitrogens is 1. The summed E-state index contributed by atoms with van der Waals surface area (Å²) in [5.74, 6) is 1.24. The molecule has 3 atom stereocenters. The monoisotopic (exact) mass is 265 g/mol. The standard InChI is InChI=1S/C14H23N3O2/c1-9-8-16-14(19-9)10(2)17-13(18)11-6-4-3-5-7-12(11)15/h8,10-12H,3-7,15H2,1-2H3,(H,17,18). The van der Waals surface area contributed by atoms with Gasteiger partial charge in [-0.3, -0.25) is 4.79 Å². The summed E-state index contributed by atoms with van der Waals surface area (Å²) in [6.07, 6.45) is 6.86. The average molecular weight is 265 g/mol. The van der Waals surface area contributed by atoms with Gasteiger partial charge in [-0.15, -0.1) is 0 Å². The van der Waals surface area contributed by atoms with Crippen molar-refractivity contribution >= 4 is 5.91 Å². The summed E-state index contributed by atoms with van der Waals surface area (Å²) in [6, 6.07) is -0.238. The second-order valence-corrected chi connectivity index (χ2v) is 5.45. The summed E-state index contributed by atoms with van der Waals surface area (Å²) in [5.41, 5.74) is 6.10. The SMILES string of the molecule is Cc1cnc(C(C)NC(=O)C2CCCCCC2N)o1. The van der Waals surface area contributed by atoms with Gasteiger partial charge < -0.3 is 15.5 Å². The first-order valence-electron chi connectivity index (χ1n) is 7.06. The van der Waals surface area contributed by atoms with Crippen LogP contribution in [0.5, 0.6) is 0 Å². The van der Waals surface area contributed by atoms with Gasteiger partial charge in [0.2, 0.25) is 11.8 Å². The number of rotatable bonds is 3. The Hall–Kier alpha value is -1.36. The molecule has 0 spiro atoms. The molecule has 106 valence electrons. The zero-order valence-corrected chi connectivity index (χ0v) is 11.7. The molecule has 5 nitrogen and oxygen atoms in total. The zero-order valence-electron chi connectivity index (χ0n) is 11.7. The molecule has 3 unspecified atom stereocenters. The molecule has 0 radical (unpaired) electrons. The molecule has 1 heterocycles. The van der Waals surface area contributed by atoms with E-state index in [4.69, 9.17) is 10.2 Å². The van der Waals surface area contributed by atoms with Crippen LogP contribution in [-0.4, -0.2) is 16.9 Å². The molecule has 1 aromatic heterocycles. The van der Waals surface area contributed by atoms with Crippen LogP contribution in [0.4, 0.5) is 0 Å². The summed E-state index contributed by atoms with van der Waals surface area (Å²) in [6.45, 7) is 3.72. The van der Waals surface area contributed by atoms with E-state index in [0.29, 0.717) is 5.89 Å². The number of nitrogens with two attached hydrogens (primary N) is 1. The van der Waals surface area contributed by atoms with Gasteiger partial charge >= 0.3 is 0 Å². The number of nitrogens with zero attached hydrogens (tertiary/aromatic N) is 1. The third kappa shape index (κ3) is 3.56. The molecule has 0 saturated heterocycles. The minimum atomic E-state index is -0.211. The summed E-state index contributed by atoms with van der Waals surface area (Å²) >= 11 is 0. The molecule has 0 aliphatic heterocycles. The highest BCUT2D eigenvalue weighted by molar-refractivity contribution is 5.79. The Morgan fingerprint density at radius 3 is 2.89 bits per heavy atom. The maximum atomic E-state index is 12.3. The van der Waals surface area contributed by atoms with Gasteiger partial charge in [-0.05, 0) is 26.7 Å². The molecule has 1 amide bonds. The summed E-state index contributed by atoms with van der Waals surface area (Å²) in [4.78, 5) is 16.4. The second-order valence-electron chi connectivity index (χ2n) is 5.45. The summed E-state index contributed by atoms with van der Waals surface area (Å²) < 4.78 is 5.43. The summed E-state index contributed by atoms with van der Waals surface area (Å²) in [5, 5.41) is 2.96. The Morgan fingerprint density at radius 2 is 2.21 bits per heavy atom.